The van der Waals surface area contributed by atoms with Gasteiger partial charge in [0.2, 0.25) is 0 Å². The highest BCUT2D eigenvalue weighted by Crippen LogP contribution is 2.09. The molecule has 12 heavy (non-hydrogen) atoms. The van der Waals surface area contributed by atoms with Crippen LogP contribution in [0.2, 0.25) is 0 Å². The first kappa shape index (κ1) is 7.28. The Hall–Kier alpha value is -1.38. The van der Waals surface area contributed by atoms with Crippen molar-refractivity contribution in [3.8, 4) is 0 Å². The molecule has 2 aromatic rings. The van der Waals surface area contributed by atoms with Gasteiger partial charge in [-0.05, 0) is 32.4 Å². The largest absolute Gasteiger partial charge is 0.232 e. The molecule has 2 aromatic heterocycles. The second kappa shape index (κ2) is 2.30. The third kappa shape index (κ3) is 0.978. The van der Waals surface area contributed by atoms with Crippen molar-refractivity contribution >= 4 is 5.65 Å². The number of fused-ring (bicyclic) bond motifs is 1. The predicted molar refractivity (Wildman–Crippen MR) is 47.2 cm³/mol. The first-order chi connectivity index (χ1) is 5.66. The summed E-state index contributed by atoms with van der Waals surface area (Å²) in [5, 5.41) is 4.31. The Bertz CT molecular complexity index is 429. The molecular formula is C9H11N3. The Morgan fingerprint density at radius 2 is 1.92 bits per heavy atom. The van der Waals surface area contributed by atoms with Gasteiger partial charge in [-0.1, -0.05) is 0 Å². The van der Waals surface area contributed by atoms with Gasteiger partial charge < -0.3 is 0 Å². The average molecular weight is 161 g/mol. The summed E-state index contributed by atoms with van der Waals surface area (Å²) in [4.78, 5) is 4.35. The van der Waals surface area contributed by atoms with Gasteiger partial charge in [0.1, 0.15) is 0 Å². The molecule has 0 amide bonds. The van der Waals surface area contributed by atoms with Crippen LogP contribution in [0.3, 0.4) is 0 Å². The third-order valence-corrected chi connectivity index (χ3v) is 1.85. The molecule has 0 aliphatic heterocycles. The molecule has 0 atom stereocenters. The van der Waals surface area contributed by atoms with Crippen molar-refractivity contribution < 1.29 is 0 Å². The number of aryl methyl sites for hydroxylation is 3. The second-order valence-electron chi connectivity index (χ2n) is 3.12. The second-order valence-corrected chi connectivity index (χ2v) is 3.12. The van der Waals surface area contributed by atoms with Gasteiger partial charge >= 0.3 is 0 Å². The highest BCUT2D eigenvalue weighted by molar-refractivity contribution is 5.47. The van der Waals surface area contributed by atoms with E-state index in [9.17, 15) is 0 Å². The van der Waals surface area contributed by atoms with Crippen molar-refractivity contribution in [2.24, 2.45) is 0 Å². The van der Waals surface area contributed by atoms with E-state index in [1.165, 1.54) is 5.56 Å². The van der Waals surface area contributed by atoms with E-state index in [1.54, 1.807) is 0 Å². The van der Waals surface area contributed by atoms with E-state index in [0.29, 0.717) is 0 Å². The quantitative estimate of drug-likeness (QED) is 0.588. The van der Waals surface area contributed by atoms with Crippen LogP contribution in [-0.4, -0.2) is 14.6 Å². The lowest BCUT2D eigenvalue weighted by molar-refractivity contribution is 0.892. The smallest absolute Gasteiger partial charge is 0.156 e. The molecule has 0 aromatic carbocycles. The summed E-state index contributed by atoms with van der Waals surface area (Å²) in [6.07, 6.45) is 1.94. The summed E-state index contributed by atoms with van der Waals surface area (Å²) in [7, 11) is 0. The van der Waals surface area contributed by atoms with E-state index < -0.39 is 0 Å². The molecule has 0 aliphatic carbocycles. The number of hydrogen-bond acceptors (Lipinski definition) is 2. The summed E-state index contributed by atoms with van der Waals surface area (Å²) in [5.41, 5.74) is 4.17. The minimum atomic E-state index is 0.957. The fourth-order valence-corrected chi connectivity index (χ4v) is 1.41. The number of rotatable bonds is 0. The maximum atomic E-state index is 4.35. The molecule has 0 bridgehead atoms. The fraction of sp³-hybridized carbons (Fsp3) is 0.333. The Balaban J connectivity index is 2.88. The van der Waals surface area contributed by atoms with Crippen LogP contribution in [0.25, 0.3) is 5.65 Å². The van der Waals surface area contributed by atoms with Crippen molar-refractivity contribution in [2.45, 2.75) is 20.8 Å². The van der Waals surface area contributed by atoms with Gasteiger partial charge in [0, 0.05) is 0 Å². The van der Waals surface area contributed by atoms with E-state index in [-0.39, 0.29) is 0 Å². The molecule has 62 valence electrons. The Labute approximate surface area is 71.1 Å². The van der Waals surface area contributed by atoms with Gasteiger partial charge in [-0.3, -0.25) is 0 Å². The fourth-order valence-electron chi connectivity index (χ4n) is 1.41. The lowest BCUT2D eigenvalue weighted by atomic mass is 10.3. The maximum absolute atomic E-state index is 4.35. The van der Waals surface area contributed by atoms with E-state index in [2.05, 4.69) is 17.0 Å². The molecule has 2 heterocycles. The first-order valence-corrected chi connectivity index (χ1v) is 3.97. The molecule has 3 nitrogen and oxygen atoms in total. The zero-order chi connectivity index (χ0) is 8.72. The van der Waals surface area contributed by atoms with Gasteiger partial charge in [-0.2, -0.15) is 5.10 Å². The predicted octanol–water partition coefficient (Wildman–Crippen LogP) is 1.65. The molecule has 0 aliphatic rings. The minimum absolute atomic E-state index is 0.957. The summed E-state index contributed by atoms with van der Waals surface area (Å²) >= 11 is 0. The van der Waals surface area contributed by atoms with E-state index >= 15 is 0 Å². The number of imidazole rings is 1. The zero-order valence-electron chi connectivity index (χ0n) is 7.50. The van der Waals surface area contributed by atoms with Crippen LogP contribution in [0.1, 0.15) is 17.0 Å². The average Bonchev–Trinajstić information content (AvgIpc) is 2.29. The summed E-state index contributed by atoms with van der Waals surface area (Å²) in [6.45, 7) is 6.02. The normalized spacial score (nSPS) is 10.9. The van der Waals surface area contributed by atoms with Crippen molar-refractivity contribution in [1.82, 2.24) is 14.6 Å². The summed E-state index contributed by atoms with van der Waals surface area (Å²) < 4.78 is 1.83. The van der Waals surface area contributed by atoms with Gasteiger partial charge in [-0.25, -0.2) is 9.50 Å². The van der Waals surface area contributed by atoms with E-state index in [4.69, 9.17) is 0 Å². The highest BCUT2D eigenvalue weighted by Gasteiger charge is 2.01. The van der Waals surface area contributed by atoms with Crippen LogP contribution in [0.4, 0.5) is 0 Å². The van der Waals surface area contributed by atoms with Crippen LogP contribution in [0.15, 0.2) is 12.3 Å². The van der Waals surface area contributed by atoms with Crippen molar-refractivity contribution in [3.05, 3.63) is 29.2 Å². The molecule has 0 saturated heterocycles. The number of nitrogens with zero attached hydrogens (tertiary/aromatic N) is 3. The lowest BCUT2D eigenvalue weighted by Crippen LogP contribution is -1.95. The molecule has 0 N–H and O–H groups in total. The zero-order valence-corrected chi connectivity index (χ0v) is 7.50. The van der Waals surface area contributed by atoms with Crippen molar-refractivity contribution in [2.75, 3.05) is 0 Å². The molecule has 0 unspecified atom stereocenters. The summed E-state index contributed by atoms with van der Waals surface area (Å²) in [6, 6.07) is 2.04. The molecule has 0 spiro atoms. The van der Waals surface area contributed by atoms with Crippen LogP contribution in [-0.2, 0) is 0 Å². The Kier molecular flexibility index (Phi) is 1.40. The molecule has 0 fully saturated rings. The monoisotopic (exact) mass is 161 g/mol. The van der Waals surface area contributed by atoms with Crippen LogP contribution in [0, 0.1) is 20.8 Å². The van der Waals surface area contributed by atoms with Gasteiger partial charge in [0.25, 0.3) is 0 Å². The molecule has 0 radical (unpaired) electrons. The van der Waals surface area contributed by atoms with E-state index in [0.717, 1.165) is 17.0 Å². The molecule has 2 rings (SSSR count). The van der Waals surface area contributed by atoms with Crippen molar-refractivity contribution in [1.29, 1.82) is 0 Å². The Morgan fingerprint density at radius 1 is 1.17 bits per heavy atom. The maximum Gasteiger partial charge on any atom is 0.156 e. The molecular weight excluding hydrogens is 150 g/mol. The van der Waals surface area contributed by atoms with E-state index in [1.807, 2.05) is 30.6 Å². The molecule has 3 heteroatoms. The van der Waals surface area contributed by atoms with Crippen LogP contribution >= 0.6 is 0 Å². The molecule has 0 saturated carbocycles. The summed E-state index contributed by atoms with van der Waals surface area (Å²) in [5.74, 6) is 0. The standard InChI is InChI=1S/C9H11N3/c1-6-4-7(2)11-12-5-8(3)10-9(6)12/h4-5H,1-3H3. The minimum Gasteiger partial charge on any atom is -0.232 e. The highest BCUT2D eigenvalue weighted by atomic mass is 15.2. The van der Waals surface area contributed by atoms with Gasteiger partial charge in [0.05, 0.1) is 17.6 Å². The Morgan fingerprint density at radius 3 is 2.67 bits per heavy atom. The van der Waals surface area contributed by atoms with Crippen LogP contribution in [0.5, 0.6) is 0 Å². The van der Waals surface area contributed by atoms with Crippen molar-refractivity contribution in [3.63, 3.8) is 0 Å². The topological polar surface area (TPSA) is 30.2 Å². The third-order valence-electron chi connectivity index (χ3n) is 1.85. The lowest BCUT2D eigenvalue weighted by Gasteiger charge is -1.97. The van der Waals surface area contributed by atoms with Gasteiger partial charge in [-0.15, -0.1) is 0 Å². The SMILES string of the molecule is Cc1cn2nc(C)cc(C)c2n1. The van der Waals surface area contributed by atoms with Gasteiger partial charge in [0.15, 0.2) is 5.65 Å². The van der Waals surface area contributed by atoms with Crippen LogP contribution < -0.4 is 0 Å². The number of hydrogen-bond donors (Lipinski definition) is 0. The number of aromatic nitrogens is 3. The first-order valence-electron chi connectivity index (χ1n) is 3.97.